The van der Waals surface area contributed by atoms with Crippen molar-refractivity contribution >= 4 is 38.2 Å². The number of aromatic nitrogens is 4. The van der Waals surface area contributed by atoms with E-state index < -0.39 is 0 Å². The Balaban J connectivity index is 1.73. The van der Waals surface area contributed by atoms with Crippen LogP contribution in [0.1, 0.15) is 5.82 Å². The molecule has 3 aromatic heterocycles. The molecule has 0 fully saturated rings. The van der Waals surface area contributed by atoms with E-state index in [1.54, 1.807) is 0 Å². The molecule has 0 bridgehead atoms. The van der Waals surface area contributed by atoms with Crippen molar-refractivity contribution in [2.75, 3.05) is 11.9 Å². The number of nitrogens with zero attached hydrogens (tertiary/aromatic N) is 5. The SMILES string of the molecule is CN(Cc1nnc2ccccn12)c1ccnc2cc(Br)ccc12. The molecule has 0 aliphatic heterocycles. The van der Waals surface area contributed by atoms with Crippen LogP contribution in [0.5, 0.6) is 0 Å². The maximum Gasteiger partial charge on any atom is 0.160 e. The first-order valence-electron chi connectivity index (χ1n) is 7.26. The molecule has 0 spiro atoms. The first-order valence-corrected chi connectivity index (χ1v) is 8.06. The van der Waals surface area contributed by atoms with E-state index in [-0.39, 0.29) is 0 Å². The zero-order valence-corrected chi connectivity index (χ0v) is 14.1. The van der Waals surface area contributed by atoms with Crippen molar-refractivity contribution < 1.29 is 0 Å². The molecule has 4 aromatic rings. The van der Waals surface area contributed by atoms with Gasteiger partial charge in [0.1, 0.15) is 0 Å². The minimum absolute atomic E-state index is 0.667. The van der Waals surface area contributed by atoms with E-state index in [0.29, 0.717) is 6.54 Å². The summed E-state index contributed by atoms with van der Waals surface area (Å²) in [6, 6.07) is 14.1. The third-order valence-electron chi connectivity index (χ3n) is 3.86. The van der Waals surface area contributed by atoms with E-state index in [9.17, 15) is 0 Å². The van der Waals surface area contributed by atoms with Crippen LogP contribution in [0.3, 0.4) is 0 Å². The molecule has 0 aliphatic carbocycles. The van der Waals surface area contributed by atoms with E-state index in [1.165, 1.54) is 0 Å². The summed E-state index contributed by atoms with van der Waals surface area (Å²) in [6.07, 6.45) is 3.82. The summed E-state index contributed by atoms with van der Waals surface area (Å²) >= 11 is 3.49. The van der Waals surface area contributed by atoms with E-state index >= 15 is 0 Å². The van der Waals surface area contributed by atoms with Gasteiger partial charge in [0.05, 0.1) is 12.1 Å². The normalized spacial score (nSPS) is 11.2. The Bertz CT molecular complexity index is 995. The van der Waals surface area contributed by atoms with Crippen molar-refractivity contribution in [3.05, 3.63) is 65.2 Å². The molecule has 0 atom stereocenters. The Morgan fingerprint density at radius 3 is 2.96 bits per heavy atom. The summed E-state index contributed by atoms with van der Waals surface area (Å²) in [5.41, 5.74) is 2.95. The number of halogens is 1. The fourth-order valence-electron chi connectivity index (χ4n) is 2.74. The van der Waals surface area contributed by atoms with Crippen molar-refractivity contribution in [1.29, 1.82) is 0 Å². The summed E-state index contributed by atoms with van der Waals surface area (Å²) in [6.45, 7) is 0.667. The number of hydrogen-bond acceptors (Lipinski definition) is 4. The fraction of sp³-hybridized carbons (Fsp3) is 0.118. The molecule has 0 aliphatic rings. The number of rotatable bonds is 3. The highest BCUT2D eigenvalue weighted by Gasteiger charge is 2.11. The van der Waals surface area contributed by atoms with E-state index in [4.69, 9.17) is 0 Å². The highest BCUT2D eigenvalue weighted by atomic mass is 79.9. The maximum atomic E-state index is 4.44. The number of pyridine rings is 2. The van der Waals surface area contributed by atoms with Crippen LogP contribution in [0.25, 0.3) is 16.6 Å². The van der Waals surface area contributed by atoms with Crippen LogP contribution in [0.15, 0.2) is 59.3 Å². The van der Waals surface area contributed by atoms with Crippen LogP contribution >= 0.6 is 15.9 Å². The van der Waals surface area contributed by atoms with Crippen LogP contribution in [0.4, 0.5) is 5.69 Å². The number of fused-ring (bicyclic) bond motifs is 2. The van der Waals surface area contributed by atoms with Crippen molar-refractivity contribution in [2.24, 2.45) is 0 Å². The lowest BCUT2D eigenvalue weighted by Gasteiger charge is -2.20. The molecule has 23 heavy (non-hydrogen) atoms. The molecule has 3 heterocycles. The molecule has 0 saturated heterocycles. The molecule has 0 radical (unpaired) electrons. The molecule has 4 rings (SSSR count). The largest absolute Gasteiger partial charge is 0.366 e. The van der Waals surface area contributed by atoms with Crippen molar-refractivity contribution in [3.8, 4) is 0 Å². The van der Waals surface area contributed by atoms with E-state index in [1.807, 2.05) is 53.2 Å². The third-order valence-corrected chi connectivity index (χ3v) is 4.35. The standard InChI is InChI=1S/C17H14BrN5/c1-22(11-17-21-20-16-4-2-3-9-23(16)17)15-7-8-19-14-10-12(18)5-6-13(14)15/h2-10H,11H2,1H3. The van der Waals surface area contributed by atoms with Crippen molar-refractivity contribution in [3.63, 3.8) is 0 Å². The van der Waals surface area contributed by atoms with Crippen molar-refractivity contribution in [2.45, 2.75) is 6.54 Å². The average Bonchev–Trinajstić information content (AvgIpc) is 2.97. The summed E-state index contributed by atoms with van der Waals surface area (Å²) in [5.74, 6) is 0.908. The van der Waals surface area contributed by atoms with E-state index in [0.717, 1.165) is 32.5 Å². The predicted molar refractivity (Wildman–Crippen MR) is 94.5 cm³/mol. The monoisotopic (exact) mass is 367 g/mol. The van der Waals surface area contributed by atoms with Gasteiger partial charge in [0.2, 0.25) is 0 Å². The Hall–Kier alpha value is -2.47. The fourth-order valence-corrected chi connectivity index (χ4v) is 3.08. The summed E-state index contributed by atoms with van der Waals surface area (Å²) in [7, 11) is 2.06. The second kappa shape index (κ2) is 5.62. The molecule has 0 amide bonds. The topological polar surface area (TPSA) is 46.3 Å². The lowest BCUT2D eigenvalue weighted by Crippen LogP contribution is -2.18. The highest BCUT2D eigenvalue weighted by molar-refractivity contribution is 9.10. The maximum absolute atomic E-state index is 4.44. The molecular formula is C17H14BrN5. The number of hydrogen-bond donors (Lipinski definition) is 0. The zero-order valence-electron chi connectivity index (χ0n) is 12.5. The quantitative estimate of drug-likeness (QED) is 0.554. The summed E-state index contributed by atoms with van der Waals surface area (Å²) in [5, 5.41) is 9.63. The highest BCUT2D eigenvalue weighted by Crippen LogP contribution is 2.27. The van der Waals surface area contributed by atoms with Gasteiger partial charge < -0.3 is 4.90 Å². The van der Waals surface area contributed by atoms with Crippen molar-refractivity contribution in [1.82, 2.24) is 19.6 Å². The van der Waals surface area contributed by atoms with E-state index in [2.05, 4.69) is 49.1 Å². The van der Waals surface area contributed by atoms with Gasteiger partial charge in [-0.3, -0.25) is 9.38 Å². The first kappa shape index (κ1) is 14.1. The second-order valence-electron chi connectivity index (χ2n) is 5.39. The van der Waals surface area contributed by atoms with Gasteiger partial charge in [-0.05, 0) is 36.4 Å². The molecular weight excluding hydrogens is 354 g/mol. The third kappa shape index (κ3) is 2.55. The number of anilines is 1. The molecule has 0 N–H and O–H groups in total. The molecule has 0 saturated carbocycles. The molecule has 0 unspecified atom stereocenters. The van der Waals surface area contributed by atoms with Gasteiger partial charge in [-0.25, -0.2) is 0 Å². The number of benzene rings is 1. The van der Waals surface area contributed by atoms with Crippen LogP contribution < -0.4 is 4.90 Å². The van der Waals surface area contributed by atoms with Gasteiger partial charge in [0.15, 0.2) is 11.5 Å². The smallest absolute Gasteiger partial charge is 0.160 e. The van der Waals surface area contributed by atoms with Gasteiger partial charge in [-0.2, -0.15) is 0 Å². The van der Waals surface area contributed by atoms with Gasteiger partial charge in [0, 0.05) is 35.0 Å². The van der Waals surface area contributed by atoms with Crippen LogP contribution in [-0.4, -0.2) is 26.6 Å². The lowest BCUT2D eigenvalue weighted by atomic mass is 10.2. The summed E-state index contributed by atoms with van der Waals surface area (Å²) in [4.78, 5) is 6.61. The Labute approximate surface area is 141 Å². The van der Waals surface area contributed by atoms with Crippen LogP contribution in [0, 0.1) is 0 Å². The van der Waals surface area contributed by atoms with Gasteiger partial charge in [-0.1, -0.05) is 22.0 Å². The zero-order chi connectivity index (χ0) is 15.8. The molecule has 114 valence electrons. The summed E-state index contributed by atoms with van der Waals surface area (Å²) < 4.78 is 3.04. The first-order chi connectivity index (χ1) is 11.2. The minimum atomic E-state index is 0.667. The van der Waals surface area contributed by atoms with Crippen LogP contribution in [0.2, 0.25) is 0 Å². The van der Waals surface area contributed by atoms with Gasteiger partial charge in [0.25, 0.3) is 0 Å². The lowest BCUT2D eigenvalue weighted by molar-refractivity contribution is 0.823. The Kier molecular flexibility index (Phi) is 3.46. The molecule has 5 nitrogen and oxygen atoms in total. The van der Waals surface area contributed by atoms with Crippen LogP contribution in [-0.2, 0) is 6.54 Å². The van der Waals surface area contributed by atoms with Gasteiger partial charge >= 0.3 is 0 Å². The predicted octanol–water partition coefficient (Wildman–Crippen LogP) is 3.68. The molecule has 6 heteroatoms. The minimum Gasteiger partial charge on any atom is -0.366 e. The van der Waals surface area contributed by atoms with Gasteiger partial charge in [-0.15, -0.1) is 10.2 Å². The molecule has 1 aromatic carbocycles. The average molecular weight is 368 g/mol. The second-order valence-corrected chi connectivity index (χ2v) is 6.31. The Morgan fingerprint density at radius 2 is 2.04 bits per heavy atom. The Morgan fingerprint density at radius 1 is 1.13 bits per heavy atom.